The zero-order chi connectivity index (χ0) is 18.0. The fraction of sp³-hybridized carbons (Fsp3) is 0.0833. The minimum absolute atomic E-state index is 0.839. The van der Waals surface area contributed by atoms with Crippen molar-refractivity contribution in [2.45, 2.75) is 6.04 Å². The van der Waals surface area contributed by atoms with Crippen LogP contribution in [0.15, 0.2) is 97.6 Å². The molecule has 0 saturated heterocycles. The minimum Gasteiger partial charge on any atom is -0.411 e. The molecule has 0 atom stereocenters. The van der Waals surface area contributed by atoms with Crippen LogP contribution < -0.4 is 10.4 Å². The van der Waals surface area contributed by atoms with Crippen LogP contribution in [0.5, 0.6) is 0 Å². The van der Waals surface area contributed by atoms with Crippen LogP contribution in [-0.2, 0) is 4.43 Å². The summed E-state index contributed by atoms with van der Waals surface area (Å²) < 4.78 is 6.43. The summed E-state index contributed by atoms with van der Waals surface area (Å²) >= 11 is 0. The second-order valence-electron chi connectivity index (χ2n) is 6.58. The third-order valence-electron chi connectivity index (χ3n) is 5.23. The lowest BCUT2D eigenvalue weighted by atomic mass is 10.1. The molecule has 0 unspecified atom stereocenters. The van der Waals surface area contributed by atoms with Crippen LogP contribution >= 0.6 is 0 Å². The topological polar surface area (TPSA) is 9.23 Å². The zero-order valence-electron chi connectivity index (χ0n) is 15.0. The number of hydrogen-bond donors (Lipinski definition) is 0. The van der Waals surface area contributed by atoms with Crippen LogP contribution in [0.25, 0.3) is 21.5 Å². The first kappa shape index (κ1) is 16.8. The quantitative estimate of drug-likeness (QED) is 0.366. The van der Waals surface area contributed by atoms with E-state index < -0.39 is 8.32 Å². The molecule has 0 aliphatic heterocycles. The monoisotopic (exact) mass is 354 g/mol. The van der Waals surface area contributed by atoms with Crippen molar-refractivity contribution in [3.63, 3.8) is 0 Å². The number of fused-ring (bicyclic) bond motifs is 2. The molecule has 0 bridgehead atoms. The molecule has 2 heteroatoms. The summed E-state index contributed by atoms with van der Waals surface area (Å²) in [4.78, 5) is 0. The molecule has 0 aliphatic carbocycles. The van der Waals surface area contributed by atoms with Crippen molar-refractivity contribution in [1.29, 1.82) is 0 Å². The highest BCUT2D eigenvalue weighted by atomic mass is 28.4. The summed E-state index contributed by atoms with van der Waals surface area (Å²) in [7, 11) is -0.608. The van der Waals surface area contributed by atoms with Crippen molar-refractivity contribution < 1.29 is 4.43 Å². The third-order valence-corrected chi connectivity index (χ3v) is 9.40. The predicted octanol–water partition coefficient (Wildman–Crippen LogP) is 4.89. The molecular weight excluding hydrogens is 332 g/mol. The molecule has 0 amide bonds. The summed E-state index contributed by atoms with van der Waals surface area (Å²) in [6, 6.07) is 31.1. The van der Waals surface area contributed by atoms with E-state index in [4.69, 9.17) is 4.43 Å². The molecule has 0 N–H and O–H groups in total. The zero-order valence-corrected chi connectivity index (χ0v) is 16.0. The predicted molar refractivity (Wildman–Crippen MR) is 115 cm³/mol. The minimum atomic E-state index is -2.47. The summed E-state index contributed by atoms with van der Waals surface area (Å²) in [6.07, 6.45) is 2.01. The Balaban J connectivity index is 2.10. The summed E-state index contributed by atoms with van der Waals surface area (Å²) in [5, 5.41) is 7.69. The van der Waals surface area contributed by atoms with Gasteiger partial charge in [0.05, 0.1) is 0 Å². The normalized spacial score (nSPS) is 11.7. The van der Waals surface area contributed by atoms with Gasteiger partial charge < -0.3 is 4.43 Å². The summed E-state index contributed by atoms with van der Waals surface area (Å²) in [6.45, 7) is 4.06. The average Bonchev–Trinajstić information content (AvgIpc) is 2.71. The van der Waals surface area contributed by atoms with E-state index in [0.717, 1.165) is 6.04 Å². The van der Waals surface area contributed by atoms with Crippen LogP contribution in [0.1, 0.15) is 0 Å². The molecular formula is C24H22OSi. The Morgan fingerprint density at radius 2 is 1.19 bits per heavy atom. The number of rotatable bonds is 5. The van der Waals surface area contributed by atoms with Crippen LogP contribution in [0.3, 0.4) is 0 Å². The van der Waals surface area contributed by atoms with Crippen LogP contribution in [0.4, 0.5) is 0 Å². The van der Waals surface area contributed by atoms with Gasteiger partial charge in [-0.2, -0.15) is 0 Å². The molecule has 1 nitrogen and oxygen atoms in total. The molecule has 0 aliphatic rings. The van der Waals surface area contributed by atoms with Crippen molar-refractivity contribution in [3.8, 4) is 0 Å². The van der Waals surface area contributed by atoms with Gasteiger partial charge in [0.1, 0.15) is 0 Å². The molecule has 26 heavy (non-hydrogen) atoms. The standard InChI is InChI=1S/C24H22OSi/c1-3-18-26(25-2,23-16-8-12-19-10-4-6-14-21(19)23)24-17-9-13-20-11-5-7-15-22(20)24/h3-17H,1,18H2,2H3. The van der Waals surface area contributed by atoms with Gasteiger partial charge in [-0.25, -0.2) is 0 Å². The maximum absolute atomic E-state index is 6.43. The summed E-state index contributed by atoms with van der Waals surface area (Å²) in [5.41, 5.74) is 0. The van der Waals surface area contributed by atoms with Crippen molar-refractivity contribution in [2.24, 2.45) is 0 Å². The molecule has 4 aromatic carbocycles. The maximum atomic E-state index is 6.43. The highest BCUT2D eigenvalue weighted by Gasteiger charge is 2.39. The Morgan fingerprint density at radius 3 is 1.65 bits per heavy atom. The van der Waals surface area contributed by atoms with Crippen molar-refractivity contribution in [3.05, 3.63) is 97.6 Å². The van der Waals surface area contributed by atoms with Gasteiger partial charge in [0.15, 0.2) is 0 Å². The molecule has 0 heterocycles. The maximum Gasteiger partial charge on any atom is 0.260 e. The first-order valence-electron chi connectivity index (χ1n) is 8.93. The molecule has 4 rings (SSSR count). The van der Waals surface area contributed by atoms with Crippen molar-refractivity contribution >= 4 is 40.2 Å². The van der Waals surface area contributed by atoms with E-state index in [-0.39, 0.29) is 0 Å². The van der Waals surface area contributed by atoms with Gasteiger partial charge in [-0.1, -0.05) is 91.0 Å². The fourth-order valence-corrected chi connectivity index (χ4v) is 7.83. The van der Waals surface area contributed by atoms with Crippen molar-refractivity contribution in [2.75, 3.05) is 7.11 Å². The first-order valence-corrected chi connectivity index (χ1v) is 11.0. The molecule has 4 aromatic rings. The largest absolute Gasteiger partial charge is 0.411 e. The highest BCUT2D eigenvalue weighted by Crippen LogP contribution is 2.23. The van der Waals surface area contributed by atoms with E-state index in [0.29, 0.717) is 0 Å². The van der Waals surface area contributed by atoms with Gasteiger partial charge in [0.2, 0.25) is 0 Å². The van der Waals surface area contributed by atoms with E-state index in [1.165, 1.54) is 31.9 Å². The Morgan fingerprint density at radius 1 is 0.731 bits per heavy atom. The Labute approximate surface area is 155 Å². The van der Waals surface area contributed by atoms with E-state index in [9.17, 15) is 0 Å². The highest BCUT2D eigenvalue weighted by molar-refractivity contribution is 7.00. The van der Waals surface area contributed by atoms with E-state index in [2.05, 4.69) is 91.5 Å². The smallest absolute Gasteiger partial charge is 0.260 e. The van der Waals surface area contributed by atoms with E-state index in [1.54, 1.807) is 0 Å². The van der Waals surface area contributed by atoms with Gasteiger partial charge in [0.25, 0.3) is 8.32 Å². The van der Waals surface area contributed by atoms with Crippen molar-refractivity contribution in [1.82, 2.24) is 0 Å². The average molecular weight is 355 g/mol. The molecule has 0 aromatic heterocycles. The van der Waals surface area contributed by atoms with Gasteiger partial charge in [0, 0.05) is 7.11 Å². The molecule has 128 valence electrons. The second-order valence-corrected chi connectivity index (χ2v) is 10.1. The molecule has 0 radical (unpaired) electrons. The number of allylic oxidation sites excluding steroid dienone is 1. The van der Waals surface area contributed by atoms with Crippen LogP contribution in [0.2, 0.25) is 6.04 Å². The Bertz CT molecular complexity index is 994. The lowest BCUT2D eigenvalue weighted by Crippen LogP contribution is -2.60. The number of benzene rings is 4. The van der Waals surface area contributed by atoms with Gasteiger partial charge in [-0.15, -0.1) is 6.58 Å². The Hall–Kier alpha value is -2.68. The van der Waals surface area contributed by atoms with Crippen LogP contribution in [0, 0.1) is 0 Å². The Kier molecular flexibility index (Phi) is 4.45. The lowest BCUT2D eigenvalue weighted by Gasteiger charge is -2.32. The van der Waals surface area contributed by atoms with E-state index >= 15 is 0 Å². The first-order chi connectivity index (χ1) is 12.8. The van der Waals surface area contributed by atoms with Gasteiger partial charge in [-0.05, 0) is 38.0 Å². The lowest BCUT2D eigenvalue weighted by molar-refractivity contribution is 0.418. The van der Waals surface area contributed by atoms with Gasteiger partial charge in [-0.3, -0.25) is 0 Å². The van der Waals surface area contributed by atoms with E-state index in [1.807, 2.05) is 13.2 Å². The third kappa shape index (κ3) is 2.59. The second kappa shape index (κ2) is 6.91. The molecule has 0 saturated carbocycles. The molecule has 0 fully saturated rings. The SMILES string of the molecule is C=CC[Si](OC)(c1cccc2ccccc12)c1cccc2ccccc12. The molecule has 0 spiro atoms. The number of hydrogen-bond acceptors (Lipinski definition) is 1. The summed E-state index contributed by atoms with van der Waals surface area (Å²) in [5.74, 6) is 0. The van der Waals surface area contributed by atoms with Crippen LogP contribution in [-0.4, -0.2) is 15.4 Å². The van der Waals surface area contributed by atoms with Gasteiger partial charge >= 0.3 is 0 Å². The fourth-order valence-electron chi connectivity index (χ4n) is 4.03.